The predicted octanol–water partition coefficient (Wildman–Crippen LogP) is 2.34. The third kappa shape index (κ3) is 4.56. The lowest BCUT2D eigenvalue weighted by Crippen LogP contribution is -2.42. The van der Waals surface area contributed by atoms with Crippen molar-refractivity contribution in [1.82, 2.24) is 10.3 Å². The van der Waals surface area contributed by atoms with Crippen LogP contribution >= 0.6 is 0 Å². The van der Waals surface area contributed by atoms with Gasteiger partial charge in [0.25, 0.3) is 0 Å². The summed E-state index contributed by atoms with van der Waals surface area (Å²) in [6.45, 7) is 7.36. The van der Waals surface area contributed by atoms with E-state index in [1.54, 1.807) is 25.4 Å². The molecular weight excluding hydrogens is 216 g/mol. The second-order valence-electron chi connectivity index (χ2n) is 4.51. The Bertz CT molecular complexity index is 464. The van der Waals surface area contributed by atoms with Crippen molar-refractivity contribution in [3.63, 3.8) is 0 Å². The molecule has 0 fully saturated rings. The highest BCUT2D eigenvalue weighted by Gasteiger charge is 2.16. The summed E-state index contributed by atoms with van der Waals surface area (Å²) < 4.78 is 5.18. The summed E-state index contributed by atoms with van der Waals surface area (Å²) in [4.78, 5) is 15.5. The first-order valence-electron chi connectivity index (χ1n) is 5.29. The van der Waals surface area contributed by atoms with Crippen molar-refractivity contribution in [2.75, 3.05) is 0 Å². The topological polar surface area (TPSA) is 51.2 Å². The number of nitrogens with zero attached hydrogens (tertiary/aromatic N) is 1. The summed E-state index contributed by atoms with van der Waals surface area (Å²) in [5.74, 6) is 5.98. The Morgan fingerprint density at radius 1 is 1.47 bits per heavy atom. The Morgan fingerprint density at radius 2 is 2.18 bits per heavy atom. The van der Waals surface area contributed by atoms with Crippen LogP contribution in [-0.4, -0.2) is 16.6 Å². The van der Waals surface area contributed by atoms with Gasteiger partial charge in [-0.15, -0.1) is 5.92 Å². The molecule has 0 atom stereocenters. The van der Waals surface area contributed by atoms with E-state index in [4.69, 9.17) is 4.74 Å². The number of hydrogen-bond acceptors (Lipinski definition) is 3. The van der Waals surface area contributed by atoms with Gasteiger partial charge in [-0.25, -0.2) is 4.79 Å². The number of carbonyl (C=O) groups is 1. The molecule has 90 valence electrons. The van der Waals surface area contributed by atoms with Gasteiger partial charge in [-0.3, -0.25) is 4.98 Å². The summed E-state index contributed by atoms with van der Waals surface area (Å²) in [6, 6.07) is 1.61. The number of carbonyl (C=O) groups excluding carboxylic acids is 1. The molecule has 17 heavy (non-hydrogen) atoms. The maximum Gasteiger partial charge on any atom is 0.413 e. The van der Waals surface area contributed by atoms with Crippen LogP contribution in [0.1, 0.15) is 33.3 Å². The second kappa shape index (κ2) is 5.35. The Kier molecular flexibility index (Phi) is 4.11. The van der Waals surface area contributed by atoms with E-state index < -0.39 is 6.09 Å². The third-order valence-electron chi connectivity index (χ3n) is 1.72. The molecule has 0 radical (unpaired) electrons. The zero-order valence-corrected chi connectivity index (χ0v) is 10.5. The van der Waals surface area contributed by atoms with Gasteiger partial charge in [0.2, 0.25) is 0 Å². The highest BCUT2D eigenvalue weighted by atomic mass is 16.6. The van der Waals surface area contributed by atoms with Crippen LogP contribution in [-0.2, 0) is 0 Å². The van der Waals surface area contributed by atoms with Gasteiger partial charge in [0.15, 0.2) is 5.75 Å². The molecule has 1 aromatic heterocycles. The quantitative estimate of drug-likeness (QED) is 0.756. The van der Waals surface area contributed by atoms with Crippen molar-refractivity contribution < 1.29 is 9.53 Å². The van der Waals surface area contributed by atoms with Gasteiger partial charge in [0, 0.05) is 24.0 Å². The first-order valence-corrected chi connectivity index (χ1v) is 5.29. The number of amides is 1. The van der Waals surface area contributed by atoms with Crippen LogP contribution in [0.3, 0.4) is 0 Å². The predicted molar refractivity (Wildman–Crippen MR) is 65.7 cm³/mol. The van der Waals surface area contributed by atoms with Gasteiger partial charge >= 0.3 is 6.09 Å². The highest BCUT2D eigenvalue weighted by molar-refractivity contribution is 5.72. The number of nitrogens with one attached hydrogen (secondary N) is 1. The summed E-state index contributed by atoms with van der Waals surface area (Å²) in [5, 5.41) is 2.71. The maximum atomic E-state index is 11.6. The molecule has 4 nitrogen and oxygen atoms in total. The molecule has 0 aliphatic carbocycles. The third-order valence-corrected chi connectivity index (χ3v) is 1.72. The lowest BCUT2D eigenvalue weighted by molar-refractivity contribution is 0.190. The van der Waals surface area contributed by atoms with E-state index in [0.29, 0.717) is 11.3 Å². The zero-order chi connectivity index (χ0) is 12.9. The number of hydrogen-bond donors (Lipinski definition) is 1. The van der Waals surface area contributed by atoms with Gasteiger partial charge in [-0.05, 0) is 27.7 Å². The minimum absolute atomic E-state index is 0.333. The summed E-state index contributed by atoms with van der Waals surface area (Å²) in [7, 11) is 0. The molecule has 0 unspecified atom stereocenters. The molecule has 1 rings (SSSR count). The first kappa shape index (κ1) is 13.0. The van der Waals surface area contributed by atoms with E-state index in [1.165, 1.54) is 0 Å². The molecule has 0 saturated carbocycles. The van der Waals surface area contributed by atoms with Crippen LogP contribution < -0.4 is 10.1 Å². The van der Waals surface area contributed by atoms with E-state index in [2.05, 4.69) is 22.1 Å². The fourth-order valence-electron chi connectivity index (χ4n) is 1.13. The van der Waals surface area contributed by atoms with Gasteiger partial charge in [-0.2, -0.15) is 0 Å². The Hall–Kier alpha value is -2.02. The van der Waals surface area contributed by atoms with Crippen molar-refractivity contribution in [1.29, 1.82) is 0 Å². The summed E-state index contributed by atoms with van der Waals surface area (Å²) in [6.07, 6.45) is 2.62. The maximum absolute atomic E-state index is 11.6. The van der Waals surface area contributed by atoms with E-state index >= 15 is 0 Å². The largest absolute Gasteiger partial charge is 0.413 e. The van der Waals surface area contributed by atoms with Crippen LogP contribution in [0.4, 0.5) is 4.79 Å². The van der Waals surface area contributed by atoms with Crippen LogP contribution in [0, 0.1) is 11.8 Å². The van der Waals surface area contributed by atoms with Crippen molar-refractivity contribution in [3.8, 4) is 17.6 Å². The van der Waals surface area contributed by atoms with Crippen LogP contribution in [0.5, 0.6) is 5.75 Å². The average molecular weight is 232 g/mol. The minimum Gasteiger partial charge on any atom is -0.409 e. The van der Waals surface area contributed by atoms with Gasteiger partial charge < -0.3 is 10.1 Å². The molecule has 0 bridgehead atoms. The van der Waals surface area contributed by atoms with E-state index in [-0.39, 0.29) is 5.54 Å². The molecule has 0 saturated heterocycles. The number of pyridine rings is 1. The zero-order valence-electron chi connectivity index (χ0n) is 10.5. The van der Waals surface area contributed by atoms with E-state index in [9.17, 15) is 4.79 Å². The molecule has 1 amide bonds. The van der Waals surface area contributed by atoms with Crippen molar-refractivity contribution in [2.45, 2.75) is 33.2 Å². The molecule has 1 N–H and O–H groups in total. The Morgan fingerprint density at radius 3 is 2.76 bits per heavy atom. The standard InChI is InChI=1S/C13H16N2O2/c1-5-6-10-9-14-8-7-11(10)17-12(16)15-13(2,3)4/h7-9H,1-4H3,(H,15,16). The molecule has 1 heterocycles. The fourth-order valence-corrected chi connectivity index (χ4v) is 1.13. The first-order chi connectivity index (χ1) is 7.92. The van der Waals surface area contributed by atoms with Crippen LogP contribution in [0.15, 0.2) is 18.5 Å². The second-order valence-corrected chi connectivity index (χ2v) is 4.51. The lowest BCUT2D eigenvalue weighted by Gasteiger charge is -2.19. The van der Waals surface area contributed by atoms with E-state index in [1.807, 2.05) is 20.8 Å². The van der Waals surface area contributed by atoms with Crippen molar-refractivity contribution in [2.24, 2.45) is 0 Å². The smallest absolute Gasteiger partial charge is 0.409 e. The SMILES string of the molecule is CC#Cc1cnccc1OC(=O)NC(C)(C)C. The summed E-state index contributed by atoms with van der Waals surface area (Å²) in [5.41, 5.74) is 0.264. The lowest BCUT2D eigenvalue weighted by atomic mass is 10.1. The number of aromatic nitrogens is 1. The Balaban J connectivity index is 2.80. The molecule has 4 heteroatoms. The molecule has 0 aliphatic rings. The fraction of sp³-hybridized carbons (Fsp3) is 0.385. The summed E-state index contributed by atoms with van der Waals surface area (Å²) >= 11 is 0. The van der Waals surface area contributed by atoms with Crippen molar-refractivity contribution >= 4 is 6.09 Å². The van der Waals surface area contributed by atoms with Crippen LogP contribution in [0.2, 0.25) is 0 Å². The molecule has 0 spiro atoms. The van der Waals surface area contributed by atoms with Crippen molar-refractivity contribution in [3.05, 3.63) is 24.0 Å². The number of rotatable bonds is 1. The van der Waals surface area contributed by atoms with Gasteiger partial charge in [0.1, 0.15) is 0 Å². The minimum atomic E-state index is -0.497. The molecule has 0 aliphatic heterocycles. The normalized spacial score (nSPS) is 10.1. The monoisotopic (exact) mass is 232 g/mol. The van der Waals surface area contributed by atoms with Crippen LogP contribution in [0.25, 0.3) is 0 Å². The molecule has 1 aromatic rings. The average Bonchev–Trinajstić information content (AvgIpc) is 2.18. The highest BCUT2D eigenvalue weighted by Crippen LogP contribution is 2.15. The molecular formula is C13H16N2O2. The van der Waals surface area contributed by atoms with E-state index in [0.717, 1.165) is 0 Å². The van der Waals surface area contributed by atoms with Gasteiger partial charge in [0.05, 0.1) is 5.56 Å². The van der Waals surface area contributed by atoms with Gasteiger partial charge in [-0.1, -0.05) is 5.92 Å². The molecule has 0 aromatic carbocycles. The Labute approximate surface area is 101 Å². The number of ether oxygens (including phenoxy) is 1.